The van der Waals surface area contributed by atoms with Gasteiger partial charge in [-0.05, 0) is 89.2 Å². The number of furan rings is 1. The predicted molar refractivity (Wildman–Crippen MR) is 244 cm³/mol. The Morgan fingerprint density at radius 1 is 0.689 bits per heavy atom. The molecule has 12 nitrogen and oxygen atoms in total. The third kappa shape index (κ3) is 30.0. The Morgan fingerprint density at radius 3 is 1.82 bits per heavy atom. The molecule has 3 N–H and O–H groups in total. The number of nitrogens with zero attached hydrogens (tertiary/aromatic N) is 1. The molecule has 0 aromatic carbocycles. The number of carbonyl (C=O) groups excluding carboxylic acids is 2. The number of rotatable bonds is 37. The summed E-state index contributed by atoms with van der Waals surface area (Å²) in [6.45, 7) is 8.16. The first-order chi connectivity index (χ1) is 29.1. The molecule has 0 amide bonds. The highest BCUT2D eigenvalue weighted by Crippen LogP contribution is 2.43. The van der Waals surface area contributed by atoms with Crippen LogP contribution in [0, 0.1) is 13.8 Å². The molecule has 0 aliphatic rings. The van der Waals surface area contributed by atoms with E-state index in [1.54, 1.807) is 0 Å². The second-order valence-corrected chi connectivity index (χ2v) is 18.4. The molecule has 0 saturated heterocycles. The summed E-state index contributed by atoms with van der Waals surface area (Å²) in [6.07, 6.45) is 29.0. The monoisotopic (exact) mass is 881 g/mol. The second-order valence-electron chi connectivity index (χ2n) is 16.9. The van der Waals surface area contributed by atoms with Crippen molar-refractivity contribution in [3.8, 4) is 0 Å². The van der Waals surface area contributed by atoms with E-state index in [1.165, 1.54) is 17.5 Å². The molecular formula is C48H83NO11P+. The van der Waals surface area contributed by atoms with Crippen LogP contribution in [-0.4, -0.2) is 97.3 Å². The van der Waals surface area contributed by atoms with Gasteiger partial charge in [0.1, 0.15) is 31.3 Å². The van der Waals surface area contributed by atoms with Crippen LogP contribution in [0.2, 0.25) is 0 Å². The Morgan fingerprint density at radius 2 is 1.23 bits per heavy atom. The molecule has 0 bridgehead atoms. The summed E-state index contributed by atoms with van der Waals surface area (Å²) in [6, 6.07) is 0. The average molecular weight is 881 g/mol. The number of allylic oxidation sites excluding steroid dienone is 7. The lowest BCUT2D eigenvalue weighted by molar-refractivity contribution is -0.870. The van der Waals surface area contributed by atoms with Crippen LogP contribution < -0.4 is 0 Å². The van der Waals surface area contributed by atoms with E-state index in [9.17, 15) is 29.3 Å². The fourth-order valence-electron chi connectivity index (χ4n) is 6.32. The second kappa shape index (κ2) is 33.7. The van der Waals surface area contributed by atoms with Crippen LogP contribution in [0.3, 0.4) is 0 Å². The number of unbranched alkanes of at least 4 members (excludes halogenated alkanes) is 7. The van der Waals surface area contributed by atoms with E-state index in [1.807, 2.05) is 39.4 Å². The minimum Gasteiger partial charge on any atom is -0.466 e. The number of carbonyl (C=O) groups is 2. The largest absolute Gasteiger partial charge is 0.472 e. The first kappa shape index (κ1) is 56.2. The zero-order valence-electron chi connectivity index (χ0n) is 38.8. The van der Waals surface area contributed by atoms with Crippen molar-refractivity contribution in [2.24, 2.45) is 0 Å². The molecule has 1 unspecified atom stereocenters. The number of ether oxygens (including phenoxy) is 2. The fraction of sp³-hybridized carbons (Fsp3) is 0.708. The maximum Gasteiger partial charge on any atom is 0.472 e. The van der Waals surface area contributed by atoms with E-state index < -0.39 is 44.7 Å². The molecule has 1 aromatic rings. The van der Waals surface area contributed by atoms with E-state index in [-0.39, 0.29) is 45.3 Å². The van der Waals surface area contributed by atoms with Crippen LogP contribution >= 0.6 is 7.82 Å². The van der Waals surface area contributed by atoms with Gasteiger partial charge >= 0.3 is 19.8 Å². The standard InChI is InChI=1S/C48H82NO11P/c1-8-10-11-12-13-14-15-16-17-20-23-26-31-43(50)44(51)32-29-35-48(53)59-42(39-58-61(54,55)57-37-36-49(5,6)7)38-56-47(52)34-28-25-22-19-18-21-24-27-33-46-41(4)40(3)45(60-46)30-9-2/h10-11,13-14,16-17,23,26,42-44,50-51H,8-9,12,15,18-22,24-25,27-39H2,1-7H3/p+1/b11-10-,14-13-,17-16-,26-23-/t42-,43-,44-/m1/s1. The van der Waals surface area contributed by atoms with Crippen molar-refractivity contribution in [1.29, 1.82) is 0 Å². The van der Waals surface area contributed by atoms with E-state index in [0.717, 1.165) is 95.0 Å². The summed E-state index contributed by atoms with van der Waals surface area (Å²) in [7, 11) is 1.27. The molecular weight excluding hydrogens is 797 g/mol. The van der Waals surface area contributed by atoms with Gasteiger partial charge in [-0.2, -0.15) is 0 Å². The van der Waals surface area contributed by atoms with Crippen molar-refractivity contribution in [1.82, 2.24) is 0 Å². The highest BCUT2D eigenvalue weighted by atomic mass is 31.2. The highest BCUT2D eigenvalue weighted by Gasteiger charge is 2.27. The maximum absolute atomic E-state index is 12.8. The van der Waals surface area contributed by atoms with E-state index in [2.05, 4.69) is 58.1 Å². The van der Waals surface area contributed by atoms with Gasteiger partial charge < -0.3 is 33.5 Å². The summed E-state index contributed by atoms with van der Waals surface area (Å²) in [5.74, 6) is 1.16. The van der Waals surface area contributed by atoms with Crippen molar-refractivity contribution in [2.45, 2.75) is 174 Å². The van der Waals surface area contributed by atoms with Gasteiger partial charge in [0.15, 0.2) is 6.10 Å². The van der Waals surface area contributed by atoms with Crippen molar-refractivity contribution in [3.05, 3.63) is 71.3 Å². The molecule has 0 aliphatic carbocycles. The van der Waals surface area contributed by atoms with Crippen molar-refractivity contribution < 1.29 is 56.7 Å². The minimum absolute atomic E-state index is 0.0295. The predicted octanol–water partition coefficient (Wildman–Crippen LogP) is 10.3. The van der Waals surface area contributed by atoms with Crippen LogP contribution in [0.15, 0.2) is 53.0 Å². The van der Waals surface area contributed by atoms with Crippen molar-refractivity contribution >= 4 is 19.8 Å². The Kier molecular flexibility index (Phi) is 31.0. The lowest BCUT2D eigenvalue weighted by Crippen LogP contribution is -2.37. The number of phosphoric ester groups is 1. The van der Waals surface area contributed by atoms with Crippen LogP contribution in [-0.2, 0) is 45.5 Å². The van der Waals surface area contributed by atoms with Crippen LogP contribution in [0.4, 0.5) is 0 Å². The molecule has 0 aliphatic heterocycles. The number of aliphatic hydroxyl groups is 2. The van der Waals surface area contributed by atoms with Gasteiger partial charge in [0.05, 0.1) is 40.0 Å². The van der Waals surface area contributed by atoms with E-state index >= 15 is 0 Å². The van der Waals surface area contributed by atoms with Crippen LogP contribution in [0.5, 0.6) is 0 Å². The van der Waals surface area contributed by atoms with Crippen LogP contribution in [0.25, 0.3) is 0 Å². The number of aryl methyl sites for hydroxylation is 2. The zero-order chi connectivity index (χ0) is 45.4. The van der Waals surface area contributed by atoms with Crippen molar-refractivity contribution in [2.75, 3.05) is 47.5 Å². The van der Waals surface area contributed by atoms with Gasteiger partial charge in [-0.3, -0.25) is 18.6 Å². The first-order valence-corrected chi connectivity index (χ1v) is 24.4. The first-order valence-electron chi connectivity index (χ1n) is 22.9. The summed E-state index contributed by atoms with van der Waals surface area (Å²) in [4.78, 5) is 35.6. The number of hydrogen-bond acceptors (Lipinski definition) is 10. The Balaban J connectivity index is 2.44. The average Bonchev–Trinajstić information content (AvgIpc) is 3.46. The molecule has 1 rings (SSSR count). The van der Waals surface area contributed by atoms with Gasteiger partial charge in [-0.15, -0.1) is 0 Å². The number of quaternary nitrogens is 1. The Hall–Kier alpha value is -2.83. The summed E-state index contributed by atoms with van der Waals surface area (Å²) in [5, 5.41) is 20.8. The van der Waals surface area contributed by atoms with E-state index in [0.29, 0.717) is 17.4 Å². The molecule has 350 valence electrons. The third-order valence-electron chi connectivity index (χ3n) is 10.2. The lowest BCUT2D eigenvalue weighted by atomic mass is 10.0. The summed E-state index contributed by atoms with van der Waals surface area (Å²) >= 11 is 0. The maximum atomic E-state index is 12.8. The van der Waals surface area contributed by atoms with Crippen molar-refractivity contribution in [3.63, 3.8) is 0 Å². The molecule has 0 spiro atoms. The highest BCUT2D eigenvalue weighted by molar-refractivity contribution is 7.47. The summed E-state index contributed by atoms with van der Waals surface area (Å²) in [5.41, 5.74) is 2.60. The van der Waals surface area contributed by atoms with Gasteiger partial charge in [-0.25, -0.2) is 4.57 Å². The molecule has 61 heavy (non-hydrogen) atoms. The minimum atomic E-state index is -4.47. The third-order valence-corrected chi connectivity index (χ3v) is 11.2. The van der Waals surface area contributed by atoms with Crippen LogP contribution in [0.1, 0.15) is 152 Å². The zero-order valence-corrected chi connectivity index (χ0v) is 39.7. The molecule has 13 heteroatoms. The van der Waals surface area contributed by atoms with Gasteiger partial charge in [-0.1, -0.05) is 101 Å². The number of hydrogen-bond donors (Lipinski definition) is 3. The normalized spacial score (nSPS) is 15.0. The molecule has 0 saturated carbocycles. The Labute approximate surface area is 368 Å². The number of aliphatic hydroxyl groups excluding tert-OH is 2. The molecule has 4 atom stereocenters. The lowest BCUT2D eigenvalue weighted by Gasteiger charge is -2.24. The number of phosphoric acid groups is 1. The fourth-order valence-corrected chi connectivity index (χ4v) is 7.07. The molecule has 0 radical (unpaired) electrons. The van der Waals surface area contributed by atoms with E-state index in [4.69, 9.17) is 22.9 Å². The van der Waals surface area contributed by atoms with Gasteiger partial charge in [0.2, 0.25) is 0 Å². The molecule has 1 aromatic heterocycles. The van der Waals surface area contributed by atoms with Gasteiger partial charge in [0, 0.05) is 25.7 Å². The Bertz CT molecular complexity index is 1490. The summed E-state index contributed by atoms with van der Waals surface area (Å²) < 4.78 is 40.3. The van der Waals surface area contributed by atoms with Gasteiger partial charge in [0.25, 0.3) is 0 Å². The quantitative estimate of drug-likeness (QED) is 0.0192. The SMILES string of the molecule is CC/C=C\C/C=C\C/C=C\C/C=C\C[C@@H](O)[C@H](O)CCCC(=O)O[C@H](COC(=O)CCCCCCCCCCc1oc(CCC)c(C)c1C)COP(=O)(O)OCC[N+](C)(C)C. The molecule has 1 heterocycles. The topological polar surface area (TPSA) is 162 Å². The molecule has 0 fully saturated rings. The smallest absolute Gasteiger partial charge is 0.466 e. The number of esters is 2. The number of likely N-dealkylation sites (N-methyl/N-ethyl adjacent to an activating group) is 1.